The van der Waals surface area contributed by atoms with Crippen LogP contribution in [0.3, 0.4) is 0 Å². The standard InChI is InChI=1S/C72H126O6/c1-4-7-10-13-16-19-22-25-28-31-32-33-34-35-36-37-38-39-40-42-44-47-50-53-56-59-62-65-71(74)77-68-69(67-76-70(73)64-61-58-55-52-49-46-43-30-27-24-21-18-15-12-9-6-3)78-72(75)66-63-60-57-54-51-48-45-41-29-26-23-20-17-14-11-8-5-2/h7-8,10-11,16-17,19-20,25-26,28-29,32-33,69H,4-6,9,12-15,18,21-24,27,30-31,34-68H2,1-3H3/b10-7-,11-8-,19-16-,20-17-,28-25-,29-26-,33-32-. The van der Waals surface area contributed by atoms with Crippen molar-refractivity contribution >= 4 is 17.9 Å². The molecule has 0 aliphatic heterocycles. The molecule has 0 spiro atoms. The Labute approximate surface area is 484 Å². The van der Waals surface area contributed by atoms with Gasteiger partial charge in [-0.1, -0.05) is 311 Å². The third kappa shape index (κ3) is 63.4. The van der Waals surface area contributed by atoms with Gasteiger partial charge in [-0.15, -0.1) is 0 Å². The Morgan fingerprint density at radius 3 is 0.782 bits per heavy atom. The zero-order valence-electron chi connectivity index (χ0n) is 51.7. The summed E-state index contributed by atoms with van der Waals surface area (Å²) in [6.07, 6.45) is 87.4. The highest BCUT2D eigenvalue weighted by molar-refractivity contribution is 5.71. The molecule has 0 aromatic carbocycles. The van der Waals surface area contributed by atoms with E-state index in [9.17, 15) is 14.4 Å². The minimum atomic E-state index is -0.781. The third-order valence-electron chi connectivity index (χ3n) is 14.6. The predicted octanol–water partition coefficient (Wildman–Crippen LogP) is 23.1. The maximum atomic E-state index is 12.9. The Morgan fingerprint density at radius 1 is 0.269 bits per heavy atom. The SMILES string of the molecule is CC/C=C\C/C=C\C/C=C\C/C=C\CCCCCCCCCCCCCCCCC(=O)OCC(COC(=O)CCCCCCCCCCCCCCCCCC)OC(=O)CCCCCCCCC/C=C\C/C=C\C/C=C\CC. The maximum absolute atomic E-state index is 12.9. The molecule has 0 amide bonds. The summed E-state index contributed by atoms with van der Waals surface area (Å²) in [7, 11) is 0. The molecule has 6 nitrogen and oxygen atoms in total. The Balaban J connectivity index is 4.29. The van der Waals surface area contributed by atoms with Gasteiger partial charge in [-0.3, -0.25) is 14.4 Å². The van der Waals surface area contributed by atoms with Crippen LogP contribution >= 0.6 is 0 Å². The van der Waals surface area contributed by atoms with E-state index < -0.39 is 6.10 Å². The smallest absolute Gasteiger partial charge is 0.306 e. The number of carbonyl (C=O) groups is 3. The molecule has 0 saturated carbocycles. The van der Waals surface area contributed by atoms with Crippen LogP contribution in [0.4, 0.5) is 0 Å². The number of allylic oxidation sites excluding steroid dienone is 14. The zero-order chi connectivity index (χ0) is 56.4. The molecule has 0 aromatic rings. The molecule has 0 aromatic heterocycles. The summed E-state index contributed by atoms with van der Waals surface area (Å²) in [6, 6.07) is 0. The minimum absolute atomic E-state index is 0.0764. The first-order valence-corrected chi connectivity index (χ1v) is 33.6. The number of ether oxygens (including phenoxy) is 3. The van der Waals surface area contributed by atoms with Gasteiger partial charge in [0.1, 0.15) is 13.2 Å². The summed E-state index contributed by atoms with van der Waals surface area (Å²) in [5, 5.41) is 0. The van der Waals surface area contributed by atoms with Gasteiger partial charge >= 0.3 is 17.9 Å². The van der Waals surface area contributed by atoms with E-state index in [2.05, 4.69) is 106 Å². The second-order valence-electron chi connectivity index (χ2n) is 22.3. The minimum Gasteiger partial charge on any atom is -0.462 e. The van der Waals surface area contributed by atoms with Crippen LogP contribution < -0.4 is 0 Å². The summed E-state index contributed by atoms with van der Waals surface area (Å²) in [5.41, 5.74) is 0. The average molecular weight is 1090 g/mol. The molecule has 1 unspecified atom stereocenters. The highest BCUT2D eigenvalue weighted by Crippen LogP contribution is 2.17. The summed E-state index contributed by atoms with van der Waals surface area (Å²) >= 11 is 0. The van der Waals surface area contributed by atoms with E-state index in [1.165, 1.54) is 186 Å². The Hall–Kier alpha value is -3.41. The monoisotopic (exact) mass is 1090 g/mol. The quantitative estimate of drug-likeness (QED) is 0.0261. The van der Waals surface area contributed by atoms with E-state index in [1.54, 1.807) is 0 Å². The molecule has 0 aliphatic carbocycles. The van der Waals surface area contributed by atoms with Crippen LogP contribution in [0.1, 0.15) is 335 Å². The van der Waals surface area contributed by atoms with Crippen molar-refractivity contribution in [1.82, 2.24) is 0 Å². The molecular formula is C72H126O6. The van der Waals surface area contributed by atoms with Gasteiger partial charge in [0.25, 0.3) is 0 Å². The first kappa shape index (κ1) is 74.6. The highest BCUT2D eigenvalue weighted by atomic mass is 16.6. The van der Waals surface area contributed by atoms with E-state index in [-0.39, 0.29) is 31.1 Å². The van der Waals surface area contributed by atoms with Crippen molar-refractivity contribution in [2.24, 2.45) is 0 Å². The molecule has 0 aliphatic rings. The third-order valence-corrected chi connectivity index (χ3v) is 14.6. The van der Waals surface area contributed by atoms with Crippen LogP contribution in [0.15, 0.2) is 85.1 Å². The fourth-order valence-corrected chi connectivity index (χ4v) is 9.69. The van der Waals surface area contributed by atoms with E-state index in [1.807, 2.05) is 0 Å². The van der Waals surface area contributed by atoms with Crippen LogP contribution in [0, 0.1) is 0 Å². The molecule has 0 fully saturated rings. The van der Waals surface area contributed by atoms with Crippen molar-refractivity contribution in [2.75, 3.05) is 13.2 Å². The van der Waals surface area contributed by atoms with Crippen LogP contribution in [0.2, 0.25) is 0 Å². The highest BCUT2D eigenvalue weighted by Gasteiger charge is 2.19. The van der Waals surface area contributed by atoms with Gasteiger partial charge in [-0.05, 0) is 89.9 Å². The van der Waals surface area contributed by atoms with E-state index in [4.69, 9.17) is 14.2 Å². The molecular weight excluding hydrogens is 961 g/mol. The van der Waals surface area contributed by atoms with Crippen LogP contribution in [0.25, 0.3) is 0 Å². The lowest BCUT2D eigenvalue weighted by atomic mass is 10.0. The second kappa shape index (κ2) is 66.1. The number of hydrogen-bond donors (Lipinski definition) is 0. The zero-order valence-corrected chi connectivity index (χ0v) is 51.7. The number of carbonyl (C=O) groups excluding carboxylic acids is 3. The number of esters is 3. The summed E-state index contributed by atoms with van der Waals surface area (Å²) in [6.45, 7) is 6.46. The lowest BCUT2D eigenvalue weighted by Crippen LogP contribution is -2.30. The van der Waals surface area contributed by atoms with E-state index in [0.29, 0.717) is 19.3 Å². The summed E-state index contributed by atoms with van der Waals surface area (Å²) in [5.74, 6) is -0.869. The van der Waals surface area contributed by atoms with Crippen molar-refractivity contribution in [1.29, 1.82) is 0 Å². The molecule has 0 radical (unpaired) electrons. The van der Waals surface area contributed by atoms with Gasteiger partial charge < -0.3 is 14.2 Å². The fourth-order valence-electron chi connectivity index (χ4n) is 9.69. The normalized spacial score (nSPS) is 12.6. The molecule has 78 heavy (non-hydrogen) atoms. The molecule has 450 valence electrons. The van der Waals surface area contributed by atoms with Gasteiger partial charge in [0.2, 0.25) is 0 Å². The topological polar surface area (TPSA) is 78.9 Å². The average Bonchev–Trinajstić information content (AvgIpc) is 3.44. The van der Waals surface area contributed by atoms with Gasteiger partial charge in [0, 0.05) is 19.3 Å². The lowest BCUT2D eigenvalue weighted by molar-refractivity contribution is -0.167. The molecule has 6 heteroatoms. The van der Waals surface area contributed by atoms with Gasteiger partial charge in [0.05, 0.1) is 0 Å². The maximum Gasteiger partial charge on any atom is 0.306 e. The summed E-state index contributed by atoms with van der Waals surface area (Å²) in [4.78, 5) is 38.4. The Kier molecular flexibility index (Phi) is 63.2. The molecule has 0 heterocycles. The van der Waals surface area contributed by atoms with Crippen molar-refractivity contribution in [3.63, 3.8) is 0 Å². The first-order chi connectivity index (χ1) is 38.5. The molecule has 0 N–H and O–H groups in total. The van der Waals surface area contributed by atoms with Gasteiger partial charge in [-0.25, -0.2) is 0 Å². The van der Waals surface area contributed by atoms with Crippen LogP contribution in [0.5, 0.6) is 0 Å². The largest absolute Gasteiger partial charge is 0.462 e. The van der Waals surface area contributed by atoms with Crippen molar-refractivity contribution in [3.8, 4) is 0 Å². The lowest BCUT2D eigenvalue weighted by Gasteiger charge is -2.18. The van der Waals surface area contributed by atoms with Crippen LogP contribution in [-0.2, 0) is 28.6 Å². The van der Waals surface area contributed by atoms with Gasteiger partial charge in [-0.2, -0.15) is 0 Å². The fraction of sp³-hybridized carbons (Fsp3) is 0.764. The van der Waals surface area contributed by atoms with Crippen molar-refractivity contribution < 1.29 is 28.6 Å². The Bertz CT molecular complexity index is 1480. The summed E-state index contributed by atoms with van der Waals surface area (Å²) < 4.78 is 17.0. The van der Waals surface area contributed by atoms with E-state index >= 15 is 0 Å². The van der Waals surface area contributed by atoms with Crippen molar-refractivity contribution in [2.45, 2.75) is 341 Å². The number of unbranched alkanes of at least 4 members (excludes halogenated alkanes) is 36. The molecule has 0 bridgehead atoms. The Morgan fingerprint density at radius 2 is 0.500 bits per heavy atom. The number of rotatable bonds is 61. The van der Waals surface area contributed by atoms with E-state index in [0.717, 1.165) is 109 Å². The molecule has 1 atom stereocenters. The first-order valence-electron chi connectivity index (χ1n) is 33.6. The van der Waals surface area contributed by atoms with Crippen molar-refractivity contribution in [3.05, 3.63) is 85.1 Å². The molecule has 0 saturated heterocycles. The number of hydrogen-bond acceptors (Lipinski definition) is 6. The second-order valence-corrected chi connectivity index (χ2v) is 22.3. The van der Waals surface area contributed by atoms with Crippen LogP contribution in [-0.4, -0.2) is 37.2 Å². The van der Waals surface area contributed by atoms with Gasteiger partial charge in [0.15, 0.2) is 6.10 Å². The molecule has 0 rings (SSSR count). The predicted molar refractivity (Wildman–Crippen MR) is 339 cm³/mol.